The van der Waals surface area contributed by atoms with E-state index in [-0.39, 0.29) is 17.9 Å². The molecule has 0 amide bonds. The maximum absolute atomic E-state index is 10.8. The van der Waals surface area contributed by atoms with Crippen molar-refractivity contribution in [2.45, 2.75) is 64.6 Å². The standard InChI is InChI=1S/C25H37NO4.C12H10O2/c27-20-23-18-22(13-14-24(23)28)25(29)19-26-15-7-1-2-8-16-30-17-9-6-12-21-10-4-3-5-11-21;1-8-10-5-3-2-4-9(10)6-7-11(8)12(13)14/h3-5,10-11,13-14,18,25-29H,1-2,6-9,12,15-17,19-20H2;2-7H,1H3,(H,13,14). The lowest BCUT2D eigenvalue weighted by atomic mass is 10.0. The number of aliphatic hydroxyl groups is 2. The molecule has 0 fully saturated rings. The number of quaternary nitrogens is 1. The molecule has 0 aromatic heterocycles. The van der Waals surface area contributed by atoms with Crippen molar-refractivity contribution in [1.29, 1.82) is 0 Å². The second kappa shape index (κ2) is 19.5. The lowest BCUT2D eigenvalue weighted by Crippen LogP contribution is -2.85. The van der Waals surface area contributed by atoms with Crippen LogP contribution in [0.5, 0.6) is 5.75 Å². The summed E-state index contributed by atoms with van der Waals surface area (Å²) in [6, 6.07) is 26.6. The molecule has 0 bridgehead atoms. The van der Waals surface area contributed by atoms with Gasteiger partial charge in [-0.3, -0.25) is 0 Å². The maximum atomic E-state index is 10.8. The number of hydrogen-bond donors (Lipinski definition) is 4. The summed E-state index contributed by atoms with van der Waals surface area (Å²) >= 11 is 0. The molecule has 0 spiro atoms. The molecule has 7 heteroatoms. The number of carboxylic acids is 1. The highest BCUT2D eigenvalue weighted by atomic mass is 16.5. The smallest absolute Gasteiger partial charge is 0.128 e. The number of nitrogens with two attached hydrogens (primary N) is 1. The predicted octanol–water partition coefficient (Wildman–Crippen LogP) is 4.59. The molecule has 4 aromatic carbocycles. The molecule has 0 heterocycles. The van der Waals surface area contributed by atoms with Crippen molar-refractivity contribution in [3.05, 3.63) is 113 Å². The number of fused-ring (bicyclic) bond motifs is 1. The molecule has 5 N–H and O–H groups in total. The number of hydrogen-bond acceptors (Lipinski definition) is 6. The Morgan fingerprint density at radius 1 is 0.864 bits per heavy atom. The van der Waals surface area contributed by atoms with E-state index in [2.05, 4.69) is 35.6 Å². The maximum Gasteiger partial charge on any atom is 0.128 e. The molecule has 4 rings (SSSR count). The molecule has 1 atom stereocenters. The summed E-state index contributed by atoms with van der Waals surface area (Å²) in [6.45, 7) is 4.85. The largest absolute Gasteiger partial charge is 0.545 e. The van der Waals surface area contributed by atoms with Gasteiger partial charge in [-0.05, 0) is 85.0 Å². The number of phenols is 1. The summed E-state index contributed by atoms with van der Waals surface area (Å²) in [5.41, 5.74) is 3.62. The van der Waals surface area contributed by atoms with Gasteiger partial charge in [-0.15, -0.1) is 0 Å². The van der Waals surface area contributed by atoms with Crippen LogP contribution in [0, 0.1) is 6.92 Å². The highest BCUT2D eigenvalue weighted by Crippen LogP contribution is 2.22. The molecule has 4 aromatic rings. The number of rotatable bonds is 17. The normalized spacial score (nSPS) is 11.6. The fourth-order valence-corrected chi connectivity index (χ4v) is 5.13. The van der Waals surface area contributed by atoms with E-state index in [1.165, 1.54) is 30.9 Å². The molecule has 0 aliphatic carbocycles. The number of carbonyl (C=O) groups is 1. The summed E-state index contributed by atoms with van der Waals surface area (Å²) in [5, 5.41) is 43.9. The highest BCUT2D eigenvalue weighted by Gasteiger charge is 2.12. The number of aromatic hydroxyl groups is 1. The molecule has 0 saturated carbocycles. The number of carbonyl (C=O) groups excluding carboxylic acids is 1. The second-order valence-electron chi connectivity index (χ2n) is 11.1. The van der Waals surface area contributed by atoms with Crippen molar-refractivity contribution in [3.63, 3.8) is 0 Å². The molecule has 0 aliphatic heterocycles. The first-order valence-electron chi connectivity index (χ1n) is 15.6. The lowest BCUT2D eigenvalue weighted by molar-refractivity contribution is -0.662. The van der Waals surface area contributed by atoms with Crippen molar-refractivity contribution in [2.24, 2.45) is 0 Å². The Morgan fingerprint density at radius 2 is 1.57 bits per heavy atom. The Bertz CT molecular complexity index is 1410. The summed E-state index contributed by atoms with van der Waals surface area (Å²) < 4.78 is 5.73. The minimum absolute atomic E-state index is 0.0635. The zero-order valence-corrected chi connectivity index (χ0v) is 25.8. The van der Waals surface area contributed by atoms with Gasteiger partial charge in [0.1, 0.15) is 18.4 Å². The van der Waals surface area contributed by atoms with Gasteiger partial charge in [0.25, 0.3) is 0 Å². The van der Waals surface area contributed by atoms with Crippen LogP contribution in [0.15, 0.2) is 84.9 Å². The zero-order chi connectivity index (χ0) is 31.6. The van der Waals surface area contributed by atoms with Gasteiger partial charge < -0.3 is 35.3 Å². The van der Waals surface area contributed by atoms with Gasteiger partial charge in [0, 0.05) is 24.3 Å². The highest BCUT2D eigenvalue weighted by molar-refractivity contribution is 5.96. The first-order chi connectivity index (χ1) is 21.4. The van der Waals surface area contributed by atoms with E-state index in [0.29, 0.717) is 12.1 Å². The van der Waals surface area contributed by atoms with E-state index in [0.717, 1.165) is 67.3 Å². The Morgan fingerprint density at radius 3 is 2.32 bits per heavy atom. The van der Waals surface area contributed by atoms with E-state index in [4.69, 9.17) is 4.74 Å². The van der Waals surface area contributed by atoms with Crippen LogP contribution in [0.2, 0.25) is 0 Å². The van der Waals surface area contributed by atoms with Crippen molar-refractivity contribution in [1.82, 2.24) is 0 Å². The van der Waals surface area contributed by atoms with Gasteiger partial charge in [0.15, 0.2) is 0 Å². The summed E-state index contributed by atoms with van der Waals surface area (Å²) in [5.74, 6) is -1.05. The van der Waals surface area contributed by atoms with Crippen LogP contribution < -0.4 is 10.4 Å². The van der Waals surface area contributed by atoms with Crippen molar-refractivity contribution in [3.8, 4) is 5.75 Å². The fourth-order valence-electron chi connectivity index (χ4n) is 5.13. The van der Waals surface area contributed by atoms with Gasteiger partial charge in [0.2, 0.25) is 0 Å². The molecule has 7 nitrogen and oxygen atoms in total. The fraction of sp³-hybridized carbons (Fsp3) is 0.378. The molecule has 236 valence electrons. The Kier molecular flexibility index (Phi) is 15.4. The first kappa shape index (κ1) is 34.7. The number of aliphatic hydroxyl groups excluding tert-OH is 2. The number of ether oxygens (including phenoxy) is 1. The second-order valence-corrected chi connectivity index (χ2v) is 11.1. The Labute approximate surface area is 261 Å². The summed E-state index contributed by atoms with van der Waals surface area (Å²) in [6.07, 6.45) is 7.43. The van der Waals surface area contributed by atoms with Crippen LogP contribution in [-0.2, 0) is 17.8 Å². The minimum Gasteiger partial charge on any atom is -0.545 e. The van der Waals surface area contributed by atoms with Crippen LogP contribution in [-0.4, -0.2) is 47.6 Å². The quantitative estimate of drug-likeness (QED) is 0.131. The third kappa shape index (κ3) is 11.7. The van der Waals surface area contributed by atoms with Crippen LogP contribution in [0.25, 0.3) is 10.8 Å². The number of aromatic carboxylic acids is 1. The van der Waals surface area contributed by atoms with Crippen LogP contribution >= 0.6 is 0 Å². The zero-order valence-electron chi connectivity index (χ0n) is 25.8. The number of unbranched alkanes of at least 4 members (excludes halogenated alkanes) is 4. The molecule has 1 unspecified atom stereocenters. The van der Waals surface area contributed by atoms with Crippen LogP contribution in [0.4, 0.5) is 0 Å². The Hall–Kier alpha value is -3.75. The molecular weight excluding hydrogens is 554 g/mol. The van der Waals surface area contributed by atoms with Gasteiger partial charge in [0.05, 0.1) is 19.1 Å². The minimum atomic E-state index is -1.12. The third-order valence-corrected chi connectivity index (χ3v) is 7.76. The summed E-state index contributed by atoms with van der Waals surface area (Å²) in [4.78, 5) is 10.8. The van der Waals surface area contributed by atoms with Crippen molar-refractivity contribution >= 4 is 16.7 Å². The topological polar surface area (TPSA) is 127 Å². The van der Waals surface area contributed by atoms with E-state index >= 15 is 0 Å². The molecule has 0 radical (unpaired) electrons. The van der Waals surface area contributed by atoms with Gasteiger partial charge in [-0.25, -0.2) is 0 Å². The van der Waals surface area contributed by atoms with E-state index < -0.39 is 12.1 Å². The van der Waals surface area contributed by atoms with E-state index in [1.807, 2.05) is 24.3 Å². The SMILES string of the molecule is Cc1c(C(=O)[O-])ccc2ccccc12.OCc1cc(C(O)C[NH2+]CCCCCCOCCCCc2ccccc2)ccc1O. The molecule has 0 aliphatic rings. The van der Waals surface area contributed by atoms with E-state index in [9.17, 15) is 25.2 Å². The van der Waals surface area contributed by atoms with Gasteiger partial charge in [-0.1, -0.05) is 79.2 Å². The molecule has 0 saturated heterocycles. The average Bonchev–Trinajstić information content (AvgIpc) is 3.04. The third-order valence-electron chi connectivity index (χ3n) is 7.76. The van der Waals surface area contributed by atoms with Crippen molar-refractivity contribution < 1.29 is 35.3 Å². The molecular formula is C37H47NO6. The molecule has 44 heavy (non-hydrogen) atoms. The van der Waals surface area contributed by atoms with E-state index in [1.54, 1.807) is 31.2 Å². The average molecular weight is 602 g/mol. The lowest BCUT2D eigenvalue weighted by Gasteiger charge is -2.12. The monoisotopic (exact) mass is 601 g/mol. The van der Waals surface area contributed by atoms with Crippen LogP contribution in [0.1, 0.15) is 77.2 Å². The number of aryl methyl sites for hydroxylation is 2. The van der Waals surface area contributed by atoms with Crippen molar-refractivity contribution in [2.75, 3.05) is 26.3 Å². The number of benzene rings is 4. The first-order valence-corrected chi connectivity index (χ1v) is 15.6. The van der Waals surface area contributed by atoms with Gasteiger partial charge >= 0.3 is 0 Å². The summed E-state index contributed by atoms with van der Waals surface area (Å²) in [7, 11) is 0. The predicted molar refractivity (Wildman–Crippen MR) is 172 cm³/mol. The Balaban J connectivity index is 0.000000312. The van der Waals surface area contributed by atoms with Gasteiger partial charge in [-0.2, -0.15) is 0 Å². The number of carboxylic acid groups (broad SMARTS) is 1. The van der Waals surface area contributed by atoms with Crippen LogP contribution in [0.3, 0.4) is 0 Å².